The quantitative estimate of drug-likeness (QED) is 0.625. The Hall–Kier alpha value is -0.910. The first kappa shape index (κ1) is 25.1. The number of hydrogen-bond acceptors (Lipinski definition) is 3. The van der Waals surface area contributed by atoms with Crippen molar-refractivity contribution < 1.29 is 9.59 Å². The second kappa shape index (κ2) is 15.0. The van der Waals surface area contributed by atoms with Gasteiger partial charge in [0, 0.05) is 32.7 Å². The largest absolute Gasteiger partial charge is 0.335 e. The number of urea groups is 1. The molecule has 6 heteroatoms. The van der Waals surface area contributed by atoms with E-state index >= 15 is 0 Å². The molecular formula is C22H43N3O2S. The average Bonchev–Trinajstić information content (AvgIpc) is 2.66. The van der Waals surface area contributed by atoms with E-state index in [0.717, 1.165) is 25.1 Å². The highest BCUT2D eigenvalue weighted by Gasteiger charge is 2.23. The molecule has 164 valence electrons. The van der Waals surface area contributed by atoms with Crippen molar-refractivity contribution in [1.82, 2.24) is 15.1 Å². The van der Waals surface area contributed by atoms with E-state index in [-0.39, 0.29) is 11.3 Å². The van der Waals surface area contributed by atoms with E-state index in [4.69, 9.17) is 0 Å². The van der Waals surface area contributed by atoms with Crippen molar-refractivity contribution in [2.24, 2.45) is 0 Å². The van der Waals surface area contributed by atoms with Gasteiger partial charge in [-0.3, -0.25) is 4.79 Å². The van der Waals surface area contributed by atoms with Gasteiger partial charge in [0.2, 0.25) is 0 Å². The first-order chi connectivity index (χ1) is 13.5. The fourth-order valence-electron chi connectivity index (χ4n) is 4.04. The molecule has 28 heavy (non-hydrogen) atoms. The van der Waals surface area contributed by atoms with Crippen molar-refractivity contribution in [3.8, 4) is 0 Å². The number of nitrogens with zero attached hydrogens (tertiary/aromatic N) is 2. The maximum atomic E-state index is 11.8. The van der Waals surface area contributed by atoms with E-state index in [1.807, 2.05) is 6.92 Å². The summed E-state index contributed by atoms with van der Waals surface area (Å²) in [6, 6.07) is 0.987. The monoisotopic (exact) mass is 413 g/mol. The van der Waals surface area contributed by atoms with Crippen molar-refractivity contribution in [2.75, 3.05) is 26.4 Å². The van der Waals surface area contributed by atoms with Crippen molar-refractivity contribution in [3.05, 3.63) is 0 Å². The molecule has 0 saturated heterocycles. The summed E-state index contributed by atoms with van der Waals surface area (Å²) < 4.78 is 0. The van der Waals surface area contributed by atoms with Crippen molar-refractivity contribution in [2.45, 2.75) is 103 Å². The van der Waals surface area contributed by atoms with Gasteiger partial charge in [0.25, 0.3) is 5.24 Å². The molecule has 0 unspecified atom stereocenters. The lowest BCUT2D eigenvalue weighted by atomic mass is 9.94. The maximum absolute atomic E-state index is 11.8. The third kappa shape index (κ3) is 10.0. The lowest BCUT2D eigenvalue weighted by Crippen LogP contribution is -2.41. The number of rotatable bonds is 4. The normalized spacial score (nSPS) is 18.9. The predicted octanol–water partition coefficient (Wildman–Crippen LogP) is 5.88. The topological polar surface area (TPSA) is 52.7 Å². The van der Waals surface area contributed by atoms with Gasteiger partial charge >= 0.3 is 6.03 Å². The highest BCUT2D eigenvalue weighted by molar-refractivity contribution is 8.13. The van der Waals surface area contributed by atoms with Gasteiger partial charge in [-0.05, 0) is 38.4 Å². The number of nitrogens with one attached hydrogen (secondary N) is 1. The molecular weight excluding hydrogens is 370 g/mol. The molecule has 2 rings (SSSR count). The van der Waals surface area contributed by atoms with Crippen molar-refractivity contribution in [1.29, 1.82) is 0 Å². The molecule has 0 aliphatic heterocycles. The van der Waals surface area contributed by atoms with Crippen LogP contribution in [0.4, 0.5) is 9.59 Å². The van der Waals surface area contributed by atoms with E-state index in [1.54, 1.807) is 19.0 Å². The minimum absolute atomic E-state index is 0.0515. The van der Waals surface area contributed by atoms with Gasteiger partial charge in [0.1, 0.15) is 0 Å². The first-order valence-electron chi connectivity index (χ1n) is 11.4. The minimum atomic E-state index is 0.0515. The second-order valence-corrected chi connectivity index (χ2v) is 9.38. The Bertz CT molecular complexity index is 431. The van der Waals surface area contributed by atoms with Gasteiger partial charge in [0.15, 0.2) is 0 Å². The Morgan fingerprint density at radius 1 is 0.857 bits per heavy atom. The van der Waals surface area contributed by atoms with Crippen LogP contribution in [-0.4, -0.2) is 59.5 Å². The highest BCUT2D eigenvalue weighted by atomic mass is 32.2. The van der Waals surface area contributed by atoms with Crippen LogP contribution in [0.3, 0.4) is 0 Å². The van der Waals surface area contributed by atoms with E-state index in [2.05, 4.69) is 17.1 Å². The molecule has 0 bridgehead atoms. The maximum Gasteiger partial charge on any atom is 0.317 e. The lowest BCUT2D eigenvalue weighted by Gasteiger charge is -2.33. The summed E-state index contributed by atoms with van der Waals surface area (Å²) in [5.74, 6) is 0.891. The number of amides is 3. The second-order valence-electron chi connectivity index (χ2n) is 8.16. The number of carbonyl (C=O) groups is 2. The van der Waals surface area contributed by atoms with Crippen molar-refractivity contribution in [3.63, 3.8) is 0 Å². The molecule has 0 spiro atoms. The summed E-state index contributed by atoms with van der Waals surface area (Å²) in [5.41, 5.74) is 0. The molecule has 2 saturated carbocycles. The molecule has 1 N–H and O–H groups in total. The zero-order valence-electron chi connectivity index (χ0n) is 18.7. The van der Waals surface area contributed by atoms with E-state index in [9.17, 15) is 9.59 Å². The van der Waals surface area contributed by atoms with Crippen LogP contribution in [0.1, 0.15) is 90.9 Å². The van der Waals surface area contributed by atoms with Crippen LogP contribution >= 0.6 is 11.8 Å². The fraction of sp³-hybridized carbons (Fsp3) is 0.909. The average molecular weight is 414 g/mol. The molecule has 0 aromatic carbocycles. The van der Waals surface area contributed by atoms with Gasteiger partial charge < -0.3 is 15.1 Å². The lowest BCUT2D eigenvalue weighted by molar-refractivity contribution is 0.182. The van der Waals surface area contributed by atoms with Crippen LogP contribution in [0.5, 0.6) is 0 Å². The molecule has 0 heterocycles. The zero-order valence-corrected chi connectivity index (χ0v) is 19.5. The SMILES string of the molecule is CCSC(=O)N(CC)C1CCCCC1.CN(C)C(=O)NC1CCCCCCC1. The van der Waals surface area contributed by atoms with Gasteiger partial charge in [-0.2, -0.15) is 0 Å². The first-order valence-corrected chi connectivity index (χ1v) is 12.4. The Morgan fingerprint density at radius 2 is 1.36 bits per heavy atom. The molecule has 0 aromatic rings. The van der Waals surface area contributed by atoms with E-state index in [0.29, 0.717) is 12.1 Å². The smallest absolute Gasteiger partial charge is 0.317 e. The third-order valence-electron chi connectivity index (χ3n) is 5.70. The highest BCUT2D eigenvalue weighted by Crippen LogP contribution is 2.24. The molecule has 0 aromatic heterocycles. The van der Waals surface area contributed by atoms with Crippen LogP contribution in [-0.2, 0) is 0 Å². The minimum Gasteiger partial charge on any atom is -0.335 e. The molecule has 0 atom stereocenters. The standard InChI is InChI=1S/C11H22N2O.C11H21NOS/c1-13(2)11(14)12-10-8-6-4-3-5-7-9-10;1-3-12(11(13)14-4-2)10-8-6-5-7-9-10/h10H,3-9H2,1-2H3,(H,12,14);10H,3-9H2,1-2H3. The molecule has 2 aliphatic rings. The van der Waals surface area contributed by atoms with Crippen LogP contribution < -0.4 is 5.32 Å². The van der Waals surface area contributed by atoms with Crippen LogP contribution in [0.15, 0.2) is 0 Å². The van der Waals surface area contributed by atoms with Crippen LogP contribution in [0.25, 0.3) is 0 Å². The third-order valence-corrected chi connectivity index (χ3v) is 6.47. The summed E-state index contributed by atoms with van der Waals surface area (Å²) in [6.07, 6.45) is 15.2. The van der Waals surface area contributed by atoms with E-state index < -0.39 is 0 Å². The molecule has 0 radical (unpaired) electrons. The Balaban J connectivity index is 0.000000280. The summed E-state index contributed by atoms with van der Waals surface area (Å²) in [6.45, 7) is 5.00. The predicted molar refractivity (Wildman–Crippen MR) is 121 cm³/mol. The van der Waals surface area contributed by atoms with E-state index in [1.165, 1.54) is 76.0 Å². The molecule has 2 aliphatic carbocycles. The number of hydrogen-bond donors (Lipinski definition) is 1. The molecule has 3 amide bonds. The molecule has 2 fully saturated rings. The summed E-state index contributed by atoms with van der Waals surface area (Å²) in [4.78, 5) is 26.9. The summed E-state index contributed by atoms with van der Waals surface area (Å²) >= 11 is 1.44. The summed E-state index contributed by atoms with van der Waals surface area (Å²) in [5, 5.41) is 3.35. The molecule has 5 nitrogen and oxygen atoms in total. The summed E-state index contributed by atoms with van der Waals surface area (Å²) in [7, 11) is 3.58. The van der Waals surface area contributed by atoms with Gasteiger partial charge in [0.05, 0.1) is 0 Å². The van der Waals surface area contributed by atoms with Gasteiger partial charge in [-0.1, -0.05) is 70.1 Å². The zero-order chi connectivity index (χ0) is 20.8. The number of thioether (sulfide) groups is 1. The van der Waals surface area contributed by atoms with Crippen molar-refractivity contribution >= 4 is 23.0 Å². The van der Waals surface area contributed by atoms with Crippen LogP contribution in [0, 0.1) is 0 Å². The Labute approximate surface area is 177 Å². The Kier molecular flexibility index (Phi) is 13.5. The van der Waals surface area contributed by atoms with Gasteiger partial charge in [-0.25, -0.2) is 4.79 Å². The van der Waals surface area contributed by atoms with Gasteiger partial charge in [-0.15, -0.1) is 0 Å². The Morgan fingerprint density at radius 3 is 1.86 bits per heavy atom. The fourth-order valence-corrected chi connectivity index (χ4v) is 4.73. The number of carbonyl (C=O) groups excluding carboxylic acids is 2. The van der Waals surface area contributed by atoms with Crippen LogP contribution in [0.2, 0.25) is 0 Å².